The third-order valence-corrected chi connectivity index (χ3v) is 4.00. The molecule has 0 aromatic heterocycles. The summed E-state index contributed by atoms with van der Waals surface area (Å²) in [5.74, 6) is -0.0502. The van der Waals surface area contributed by atoms with Crippen LogP contribution >= 0.6 is 46.4 Å². The molecule has 0 radical (unpaired) electrons. The van der Waals surface area contributed by atoms with E-state index in [4.69, 9.17) is 51.1 Å². The molecule has 0 spiro atoms. The van der Waals surface area contributed by atoms with Crippen LogP contribution in [0.2, 0.25) is 0 Å². The SMILES string of the molecule is CC1COC(Cl)(Cl)C1(Cl)Cl. The van der Waals surface area contributed by atoms with Crippen molar-refractivity contribution >= 4 is 46.4 Å². The van der Waals surface area contributed by atoms with Gasteiger partial charge in [-0.25, -0.2) is 0 Å². The first-order chi connectivity index (χ1) is 4.38. The molecule has 1 fully saturated rings. The van der Waals surface area contributed by atoms with Crippen LogP contribution in [0, 0.1) is 5.92 Å². The third-order valence-electron chi connectivity index (χ3n) is 1.52. The van der Waals surface area contributed by atoms with Crippen LogP contribution in [0.3, 0.4) is 0 Å². The molecule has 1 saturated heterocycles. The van der Waals surface area contributed by atoms with Gasteiger partial charge in [0.1, 0.15) is 0 Å². The summed E-state index contributed by atoms with van der Waals surface area (Å²) in [6.07, 6.45) is 0. The number of halogens is 4. The van der Waals surface area contributed by atoms with E-state index in [1.54, 1.807) is 0 Å². The molecular formula is C5H6Cl4O. The van der Waals surface area contributed by atoms with Crippen molar-refractivity contribution in [1.29, 1.82) is 0 Å². The summed E-state index contributed by atoms with van der Waals surface area (Å²) >= 11 is 22.8. The van der Waals surface area contributed by atoms with Crippen LogP contribution in [0.25, 0.3) is 0 Å². The van der Waals surface area contributed by atoms with Gasteiger partial charge in [0.2, 0.25) is 0 Å². The van der Waals surface area contributed by atoms with Crippen LogP contribution in [0.4, 0.5) is 0 Å². The zero-order chi connectivity index (χ0) is 7.99. The maximum atomic E-state index is 5.79. The van der Waals surface area contributed by atoms with Crippen molar-refractivity contribution in [3.05, 3.63) is 0 Å². The topological polar surface area (TPSA) is 9.23 Å². The van der Waals surface area contributed by atoms with Crippen molar-refractivity contribution in [1.82, 2.24) is 0 Å². The predicted molar refractivity (Wildman–Crippen MR) is 44.0 cm³/mol. The third kappa shape index (κ3) is 1.23. The largest absolute Gasteiger partial charge is 0.344 e. The number of hydrogen-bond donors (Lipinski definition) is 0. The molecule has 0 aromatic carbocycles. The Morgan fingerprint density at radius 3 is 1.90 bits per heavy atom. The molecule has 0 bridgehead atoms. The van der Waals surface area contributed by atoms with Gasteiger partial charge < -0.3 is 4.74 Å². The van der Waals surface area contributed by atoms with Gasteiger partial charge in [0.15, 0.2) is 4.33 Å². The highest BCUT2D eigenvalue weighted by molar-refractivity contribution is 6.62. The van der Waals surface area contributed by atoms with Crippen molar-refractivity contribution in [3.8, 4) is 0 Å². The van der Waals surface area contributed by atoms with Gasteiger partial charge in [-0.3, -0.25) is 0 Å². The van der Waals surface area contributed by atoms with Crippen molar-refractivity contribution in [2.24, 2.45) is 5.92 Å². The summed E-state index contributed by atoms with van der Waals surface area (Å²) in [6, 6.07) is 0. The number of rotatable bonds is 0. The minimum Gasteiger partial charge on any atom is -0.344 e. The molecule has 1 rings (SSSR count). The number of alkyl halides is 4. The minimum atomic E-state index is -1.46. The Hall–Kier alpha value is 1.12. The van der Waals surface area contributed by atoms with Crippen LogP contribution in [-0.2, 0) is 4.74 Å². The Balaban J connectivity index is 2.84. The van der Waals surface area contributed by atoms with Crippen molar-refractivity contribution in [3.63, 3.8) is 0 Å². The quantitative estimate of drug-likeness (QED) is 0.574. The zero-order valence-electron chi connectivity index (χ0n) is 5.20. The number of hydrogen-bond acceptors (Lipinski definition) is 1. The second-order valence-corrected chi connectivity index (χ2v) is 5.00. The summed E-state index contributed by atoms with van der Waals surface area (Å²) in [7, 11) is 0. The maximum absolute atomic E-state index is 5.79. The van der Waals surface area contributed by atoms with Gasteiger partial charge in [-0.1, -0.05) is 53.3 Å². The molecule has 0 aliphatic carbocycles. The summed E-state index contributed by atoms with van der Waals surface area (Å²) in [4.78, 5) is 0. The van der Waals surface area contributed by atoms with Crippen molar-refractivity contribution < 1.29 is 4.74 Å². The molecule has 0 N–H and O–H groups in total. The Morgan fingerprint density at radius 1 is 1.30 bits per heavy atom. The van der Waals surface area contributed by atoms with E-state index in [2.05, 4.69) is 0 Å². The van der Waals surface area contributed by atoms with Crippen LogP contribution in [-0.4, -0.2) is 15.5 Å². The first-order valence-corrected chi connectivity index (χ1v) is 4.28. The molecule has 0 aromatic rings. The standard InChI is InChI=1S/C5H6Cl4O/c1-3-2-10-5(8,9)4(3,6)7/h3H,2H2,1H3. The van der Waals surface area contributed by atoms with Gasteiger partial charge in [-0.05, 0) is 0 Å². The summed E-state index contributed by atoms with van der Waals surface area (Å²) in [5.41, 5.74) is 0. The highest BCUT2D eigenvalue weighted by Gasteiger charge is 2.57. The van der Waals surface area contributed by atoms with Gasteiger partial charge in [-0.15, -0.1) is 0 Å². The molecule has 60 valence electrons. The fourth-order valence-electron chi connectivity index (χ4n) is 0.717. The Kier molecular flexibility index (Phi) is 2.36. The molecule has 10 heavy (non-hydrogen) atoms. The molecular weight excluding hydrogens is 218 g/mol. The highest BCUT2D eigenvalue weighted by atomic mass is 35.5. The molecule has 0 amide bonds. The molecule has 0 saturated carbocycles. The predicted octanol–water partition coefficient (Wildman–Crippen LogP) is 2.96. The lowest BCUT2D eigenvalue weighted by Crippen LogP contribution is -2.34. The van der Waals surface area contributed by atoms with Crippen LogP contribution in [0.5, 0.6) is 0 Å². The lowest BCUT2D eigenvalue weighted by Gasteiger charge is -2.25. The second kappa shape index (κ2) is 2.56. The molecule has 1 nitrogen and oxygen atoms in total. The lowest BCUT2D eigenvalue weighted by molar-refractivity contribution is 0.131. The highest BCUT2D eigenvalue weighted by Crippen LogP contribution is 2.53. The average molecular weight is 224 g/mol. The van der Waals surface area contributed by atoms with E-state index in [9.17, 15) is 0 Å². The van der Waals surface area contributed by atoms with E-state index >= 15 is 0 Å². The van der Waals surface area contributed by atoms with Crippen LogP contribution in [0.15, 0.2) is 0 Å². The van der Waals surface area contributed by atoms with Gasteiger partial charge in [-0.2, -0.15) is 0 Å². The fraction of sp³-hybridized carbons (Fsp3) is 1.00. The zero-order valence-corrected chi connectivity index (χ0v) is 8.23. The summed E-state index contributed by atoms with van der Waals surface area (Å²) in [5, 5.41) is 0. The second-order valence-electron chi connectivity index (χ2n) is 2.35. The van der Waals surface area contributed by atoms with Gasteiger partial charge in [0.05, 0.1) is 6.61 Å². The molecule has 1 aliphatic rings. The Labute approximate surface area is 79.5 Å². The van der Waals surface area contributed by atoms with Crippen molar-refractivity contribution in [2.45, 2.75) is 15.8 Å². The first-order valence-electron chi connectivity index (χ1n) is 2.77. The number of ether oxygens (including phenoxy) is 1. The summed E-state index contributed by atoms with van der Waals surface area (Å²) < 4.78 is 2.27. The average Bonchev–Trinajstić information content (AvgIpc) is 1.94. The maximum Gasteiger partial charge on any atom is 0.251 e. The Morgan fingerprint density at radius 2 is 1.80 bits per heavy atom. The van der Waals surface area contributed by atoms with Gasteiger partial charge >= 0.3 is 0 Å². The Bertz CT molecular complexity index is 145. The monoisotopic (exact) mass is 222 g/mol. The molecule has 5 heteroatoms. The van der Waals surface area contributed by atoms with E-state index < -0.39 is 8.85 Å². The van der Waals surface area contributed by atoms with E-state index in [1.807, 2.05) is 6.92 Å². The molecule has 1 heterocycles. The van der Waals surface area contributed by atoms with Crippen molar-refractivity contribution in [2.75, 3.05) is 6.61 Å². The smallest absolute Gasteiger partial charge is 0.251 e. The van der Waals surface area contributed by atoms with Gasteiger partial charge in [0, 0.05) is 5.92 Å². The normalized spacial score (nSPS) is 36.3. The minimum absolute atomic E-state index is 0.0502. The van der Waals surface area contributed by atoms with E-state index in [-0.39, 0.29) is 5.92 Å². The molecule has 1 atom stereocenters. The lowest BCUT2D eigenvalue weighted by atomic mass is 10.1. The van der Waals surface area contributed by atoms with E-state index in [1.165, 1.54) is 0 Å². The van der Waals surface area contributed by atoms with Gasteiger partial charge in [0.25, 0.3) is 4.52 Å². The van der Waals surface area contributed by atoms with E-state index in [0.717, 1.165) is 0 Å². The van der Waals surface area contributed by atoms with Crippen LogP contribution < -0.4 is 0 Å². The van der Waals surface area contributed by atoms with E-state index in [0.29, 0.717) is 6.61 Å². The first kappa shape index (κ1) is 9.21. The fourth-order valence-corrected chi connectivity index (χ4v) is 1.45. The molecule has 1 aliphatic heterocycles. The summed E-state index contributed by atoms with van der Waals surface area (Å²) in [6.45, 7) is 2.21. The molecule has 1 unspecified atom stereocenters. The van der Waals surface area contributed by atoms with Crippen LogP contribution in [0.1, 0.15) is 6.92 Å².